The Kier molecular flexibility index (Phi) is 5.25. The second-order valence-electron chi connectivity index (χ2n) is 6.42. The van der Waals surface area contributed by atoms with Crippen LogP contribution in [-0.4, -0.2) is 42.0 Å². The van der Waals surface area contributed by atoms with E-state index >= 15 is 0 Å². The van der Waals surface area contributed by atoms with Crippen LogP contribution in [0.15, 0.2) is 18.2 Å². The molecule has 1 aliphatic rings. The number of imidazole rings is 1. The zero-order valence-corrected chi connectivity index (χ0v) is 15.4. The number of hydrogen-bond acceptors (Lipinski definition) is 6. The van der Waals surface area contributed by atoms with Crippen LogP contribution in [-0.2, 0) is 27.1 Å². The van der Waals surface area contributed by atoms with E-state index in [1.807, 2.05) is 6.92 Å². The van der Waals surface area contributed by atoms with Gasteiger partial charge >= 0.3 is 11.9 Å². The molecule has 0 saturated heterocycles. The van der Waals surface area contributed by atoms with Gasteiger partial charge in [0.2, 0.25) is 5.91 Å². The summed E-state index contributed by atoms with van der Waals surface area (Å²) >= 11 is 0. The summed E-state index contributed by atoms with van der Waals surface area (Å²) in [6, 6.07) is 4.31. The highest BCUT2D eigenvalue weighted by Gasteiger charge is 2.28. The van der Waals surface area contributed by atoms with Crippen LogP contribution >= 0.6 is 0 Å². The lowest BCUT2D eigenvalue weighted by Crippen LogP contribution is -2.29. The molecule has 142 valence electrons. The third-order valence-electron chi connectivity index (χ3n) is 4.64. The quantitative estimate of drug-likeness (QED) is 0.796. The van der Waals surface area contributed by atoms with Crippen LogP contribution in [0.1, 0.15) is 44.3 Å². The number of nitrogens with one attached hydrogen (secondary N) is 2. The van der Waals surface area contributed by atoms with Crippen molar-refractivity contribution in [2.24, 2.45) is 5.92 Å². The number of aryl methyl sites for hydroxylation is 2. The lowest BCUT2D eigenvalue weighted by atomic mass is 9.89. The van der Waals surface area contributed by atoms with Gasteiger partial charge in [-0.2, -0.15) is 0 Å². The predicted molar refractivity (Wildman–Crippen MR) is 96.6 cm³/mol. The molecule has 0 aliphatic heterocycles. The molecule has 3 rings (SSSR count). The van der Waals surface area contributed by atoms with Crippen molar-refractivity contribution in [3.05, 3.63) is 46.5 Å². The van der Waals surface area contributed by atoms with Gasteiger partial charge in [0, 0.05) is 18.0 Å². The van der Waals surface area contributed by atoms with E-state index < -0.39 is 11.9 Å². The minimum Gasteiger partial charge on any atom is -0.465 e. The smallest absolute Gasteiger partial charge is 0.339 e. The lowest BCUT2D eigenvalue weighted by Gasteiger charge is -2.21. The number of H-pyrrole nitrogens is 1. The summed E-state index contributed by atoms with van der Waals surface area (Å²) in [7, 11) is 2.52. The number of carbonyl (C=O) groups excluding carboxylic acids is 3. The van der Waals surface area contributed by atoms with E-state index in [4.69, 9.17) is 9.47 Å². The van der Waals surface area contributed by atoms with E-state index in [9.17, 15) is 14.4 Å². The predicted octanol–water partition coefficient (Wildman–Crippen LogP) is 2.03. The number of aromatic amines is 1. The van der Waals surface area contributed by atoms with Crippen LogP contribution < -0.4 is 5.32 Å². The first-order valence-corrected chi connectivity index (χ1v) is 8.58. The van der Waals surface area contributed by atoms with Gasteiger partial charge in [0.25, 0.3) is 0 Å². The van der Waals surface area contributed by atoms with Crippen molar-refractivity contribution >= 4 is 23.5 Å². The van der Waals surface area contributed by atoms with Gasteiger partial charge in [-0.1, -0.05) is 0 Å². The molecule has 8 nitrogen and oxygen atoms in total. The Morgan fingerprint density at radius 3 is 2.63 bits per heavy atom. The summed E-state index contributed by atoms with van der Waals surface area (Å²) in [6.45, 7) is 1.88. The minimum atomic E-state index is -0.600. The van der Waals surface area contributed by atoms with Crippen LogP contribution in [0, 0.1) is 12.8 Å². The molecular formula is C19H21N3O5. The molecule has 0 spiro atoms. The molecule has 1 amide bonds. The topological polar surface area (TPSA) is 110 Å². The molecule has 27 heavy (non-hydrogen) atoms. The van der Waals surface area contributed by atoms with E-state index in [2.05, 4.69) is 15.3 Å². The average molecular weight is 371 g/mol. The van der Waals surface area contributed by atoms with Gasteiger partial charge in [-0.25, -0.2) is 14.6 Å². The molecule has 2 N–H and O–H groups in total. The zero-order chi connectivity index (χ0) is 19.6. The number of benzene rings is 1. The van der Waals surface area contributed by atoms with E-state index in [1.54, 1.807) is 0 Å². The molecule has 1 heterocycles. The van der Waals surface area contributed by atoms with Crippen molar-refractivity contribution in [1.82, 2.24) is 9.97 Å². The zero-order valence-electron chi connectivity index (χ0n) is 15.4. The summed E-state index contributed by atoms with van der Waals surface area (Å²) in [5, 5.41) is 2.77. The highest BCUT2D eigenvalue weighted by atomic mass is 16.5. The summed E-state index contributed by atoms with van der Waals surface area (Å²) in [5.74, 6) is -0.807. The van der Waals surface area contributed by atoms with Crippen LogP contribution in [0.4, 0.5) is 5.69 Å². The fourth-order valence-electron chi connectivity index (χ4n) is 3.26. The van der Waals surface area contributed by atoms with Crippen molar-refractivity contribution in [1.29, 1.82) is 0 Å². The number of carbonyl (C=O) groups is 3. The number of rotatable bonds is 4. The maximum Gasteiger partial charge on any atom is 0.339 e. The van der Waals surface area contributed by atoms with Crippen LogP contribution in [0.2, 0.25) is 0 Å². The Morgan fingerprint density at radius 1 is 1.19 bits per heavy atom. The Balaban J connectivity index is 1.83. The molecule has 1 aliphatic carbocycles. The first-order chi connectivity index (χ1) is 12.9. The molecule has 1 unspecified atom stereocenters. The number of amides is 1. The molecule has 1 aromatic carbocycles. The summed E-state index contributed by atoms with van der Waals surface area (Å²) in [4.78, 5) is 44.2. The monoisotopic (exact) mass is 371 g/mol. The average Bonchev–Trinajstić information content (AvgIpc) is 3.05. The van der Waals surface area contributed by atoms with Crippen molar-refractivity contribution in [2.45, 2.75) is 26.2 Å². The van der Waals surface area contributed by atoms with Gasteiger partial charge in [0.15, 0.2) is 0 Å². The van der Waals surface area contributed by atoms with E-state index in [-0.39, 0.29) is 28.6 Å². The number of methoxy groups -OCH3 is 2. The maximum atomic E-state index is 12.8. The van der Waals surface area contributed by atoms with Crippen molar-refractivity contribution < 1.29 is 23.9 Å². The van der Waals surface area contributed by atoms with Crippen molar-refractivity contribution in [2.75, 3.05) is 19.5 Å². The fourth-order valence-corrected chi connectivity index (χ4v) is 3.26. The van der Waals surface area contributed by atoms with Gasteiger partial charge in [0.05, 0.1) is 36.7 Å². The highest BCUT2D eigenvalue weighted by Crippen LogP contribution is 2.26. The number of nitrogens with zero attached hydrogens (tertiary/aromatic N) is 1. The third kappa shape index (κ3) is 3.84. The number of esters is 2. The second kappa shape index (κ2) is 7.61. The van der Waals surface area contributed by atoms with Crippen LogP contribution in [0.25, 0.3) is 0 Å². The van der Waals surface area contributed by atoms with Gasteiger partial charge in [0.1, 0.15) is 5.82 Å². The largest absolute Gasteiger partial charge is 0.465 e. The Labute approximate surface area is 156 Å². The standard InChI is InChI=1S/C19H21N3O5/c1-10-20-14-7-5-11(8-16(14)21-10)17(23)22-15-9-12(18(24)26-2)4-6-13(15)19(25)27-3/h4,6,9,11H,5,7-8H2,1-3H3,(H,20,21)(H,22,23). The van der Waals surface area contributed by atoms with Gasteiger partial charge in [-0.05, 0) is 38.0 Å². The first-order valence-electron chi connectivity index (χ1n) is 8.58. The van der Waals surface area contributed by atoms with Gasteiger partial charge in [-0.3, -0.25) is 4.79 Å². The van der Waals surface area contributed by atoms with Crippen LogP contribution in [0.5, 0.6) is 0 Å². The Bertz CT molecular complexity index is 903. The van der Waals surface area contributed by atoms with Gasteiger partial charge in [-0.15, -0.1) is 0 Å². The Morgan fingerprint density at radius 2 is 1.93 bits per heavy atom. The first kappa shape index (κ1) is 18.6. The van der Waals surface area contributed by atoms with E-state index in [0.717, 1.165) is 17.2 Å². The second-order valence-corrected chi connectivity index (χ2v) is 6.42. The number of fused-ring (bicyclic) bond motifs is 1. The Hall–Kier alpha value is -3.16. The van der Waals surface area contributed by atoms with Crippen molar-refractivity contribution in [3.63, 3.8) is 0 Å². The molecule has 0 saturated carbocycles. The minimum absolute atomic E-state index is 0.174. The number of hydrogen-bond donors (Lipinski definition) is 2. The lowest BCUT2D eigenvalue weighted by molar-refractivity contribution is -0.120. The molecule has 0 fully saturated rings. The molecule has 0 bridgehead atoms. The number of ether oxygens (including phenoxy) is 2. The molecule has 1 aromatic heterocycles. The van der Waals surface area contributed by atoms with Crippen LogP contribution in [0.3, 0.4) is 0 Å². The summed E-state index contributed by atoms with van der Waals surface area (Å²) in [6.07, 6.45) is 1.92. The van der Waals surface area contributed by atoms with E-state index in [0.29, 0.717) is 19.3 Å². The van der Waals surface area contributed by atoms with Crippen molar-refractivity contribution in [3.8, 4) is 0 Å². The highest BCUT2D eigenvalue weighted by molar-refractivity contribution is 6.04. The molecule has 0 radical (unpaired) electrons. The number of anilines is 1. The third-order valence-corrected chi connectivity index (χ3v) is 4.64. The summed E-state index contributed by atoms with van der Waals surface area (Å²) < 4.78 is 9.46. The molecular weight excluding hydrogens is 350 g/mol. The van der Waals surface area contributed by atoms with E-state index in [1.165, 1.54) is 32.4 Å². The molecule has 2 aromatic rings. The summed E-state index contributed by atoms with van der Waals surface area (Å²) in [5.41, 5.74) is 2.60. The maximum absolute atomic E-state index is 12.8. The fraction of sp³-hybridized carbons (Fsp3) is 0.368. The molecule has 8 heteroatoms. The number of aromatic nitrogens is 2. The normalized spacial score (nSPS) is 15.6. The van der Waals surface area contributed by atoms with Gasteiger partial charge < -0.3 is 19.8 Å². The molecule has 1 atom stereocenters. The SMILES string of the molecule is COC(=O)c1ccc(C(=O)OC)c(NC(=O)C2CCc3nc(C)[nH]c3C2)c1.